The molecule has 0 bridgehead atoms. The number of allylic oxidation sites excluding steroid dienone is 2. The molecule has 0 aliphatic heterocycles. The molecule has 2 aromatic carbocycles. The first kappa shape index (κ1) is 16.1. The normalized spacial score (nSPS) is 15.6. The fraction of sp³-hybridized carbons (Fsp3) is 0.333. The van der Waals surface area contributed by atoms with Crippen LogP contribution in [0.2, 0.25) is 19.6 Å². The summed E-state index contributed by atoms with van der Waals surface area (Å²) in [7, 11) is -1.54. The molecule has 0 radical (unpaired) electrons. The van der Waals surface area contributed by atoms with Crippen LogP contribution in [0.15, 0.2) is 60.4 Å². The minimum absolute atomic E-state index is 1.10. The van der Waals surface area contributed by atoms with Crippen molar-refractivity contribution in [2.45, 2.75) is 45.3 Å². The lowest BCUT2D eigenvalue weighted by atomic mass is 9.91. The van der Waals surface area contributed by atoms with Crippen LogP contribution in [-0.2, 0) is 4.43 Å². The van der Waals surface area contributed by atoms with Gasteiger partial charge in [-0.1, -0.05) is 54.6 Å². The molecular formula is C21H26OSi. The second-order valence-electron chi connectivity index (χ2n) is 7.27. The van der Waals surface area contributed by atoms with Crippen LogP contribution >= 0.6 is 0 Å². The molecule has 1 nitrogen and oxygen atoms in total. The fourth-order valence-corrected chi connectivity index (χ4v) is 4.12. The van der Waals surface area contributed by atoms with Crippen LogP contribution in [0.1, 0.15) is 31.2 Å². The molecule has 23 heavy (non-hydrogen) atoms. The summed E-state index contributed by atoms with van der Waals surface area (Å²) in [6.07, 6.45) is 4.77. The van der Waals surface area contributed by atoms with Gasteiger partial charge in [0.25, 0.3) is 0 Å². The maximum Gasteiger partial charge on any atom is 0.241 e. The molecule has 0 atom stereocenters. The molecule has 1 aliphatic rings. The van der Waals surface area contributed by atoms with Crippen LogP contribution in [0.5, 0.6) is 0 Å². The average molecular weight is 323 g/mol. The number of benzene rings is 2. The van der Waals surface area contributed by atoms with E-state index in [2.05, 4.69) is 74.2 Å². The third-order valence-corrected chi connectivity index (χ3v) is 5.05. The van der Waals surface area contributed by atoms with Crippen LogP contribution in [0.25, 0.3) is 16.7 Å². The van der Waals surface area contributed by atoms with Crippen molar-refractivity contribution in [1.82, 2.24) is 0 Å². The summed E-state index contributed by atoms with van der Waals surface area (Å²) in [5.74, 6) is 1.25. The predicted molar refractivity (Wildman–Crippen MR) is 102 cm³/mol. The van der Waals surface area contributed by atoms with Crippen molar-refractivity contribution in [3.8, 4) is 11.1 Å². The van der Waals surface area contributed by atoms with E-state index in [9.17, 15) is 0 Å². The quantitative estimate of drug-likeness (QED) is 0.584. The largest absolute Gasteiger partial charge is 0.547 e. The van der Waals surface area contributed by atoms with Crippen LogP contribution < -0.4 is 0 Å². The Morgan fingerprint density at radius 1 is 0.696 bits per heavy atom. The maximum absolute atomic E-state index is 6.38. The van der Waals surface area contributed by atoms with E-state index in [1.165, 1.54) is 40.9 Å². The molecule has 120 valence electrons. The van der Waals surface area contributed by atoms with Crippen molar-refractivity contribution >= 4 is 13.9 Å². The van der Waals surface area contributed by atoms with Gasteiger partial charge in [-0.3, -0.25) is 0 Å². The number of hydrogen-bond donors (Lipinski definition) is 0. The Kier molecular flexibility index (Phi) is 4.72. The van der Waals surface area contributed by atoms with E-state index in [4.69, 9.17) is 4.43 Å². The fourth-order valence-electron chi connectivity index (χ4n) is 3.16. The molecule has 0 unspecified atom stereocenters. The Hall–Kier alpha value is -1.80. The van der Waals surface area contributed by atoms with E-state index >= 15 is 0 Å². The van der Waals surface area contributed by atoms with Crippen molar-refractivity contribution in [3.63, 3.8) is 0 Å². The molecule has 0 aromatic heterocycles. The summed E-state index contributed by atoms with van der Waals surface area (Å²) in [6.45, 7) is 6.81. The van der Waals surface area contributed by atoms with Crippen LogP contribution in [0.4, 0.5) is 0 Å². The summed E-state index contributed by atoms with van der Waals surface area (Å²) < 4.78 is 6.38. The van der Waals surface area contributed by atoms with E-state index in [-0.39, 0.29) is 0 Å². The van der Waals surface area contributed by atoms with Gasteiger partial charge >= 0.3 is 0 Å². The molecule has 0 saturated heterocycles. The van der Waals surface area contributed by atoms with Crippen molar-refractivity contribution in [2.24, 2.45) is 0 Å². The Bertz CT molecular complexity index is 678. The van der Waals surface area contributed by atoms with Crippen molar-refractivity contribution in [1.29, 1.82) is 0 Å². The molecule has 0 spiro atoms. The Balaban J connectivity index is 1.90. The van der Waals surface area contributed by atoms with Crippen molar-refractivity contribution < 1.29 is 4.43 Å². The predicted octanol–water partition coefficient (Wildman–Crippen LogP) is 6.49. The topological polar surface area (TPSA) is 9.23 Å². The first-order valence-electron chi connectivity index (χ1n) is 8.60. The highest BCUT2D eigenvalue weighted by molar-refractivity contribution is 6.70. The van der Waals surface area contributed by atoms with Crippen LogP contribution in [0, 0.1) is 0 Å². The summed E-state index contributed by atoms with van der Waals surface area (Å²) in [6, 6.07) is 19.6. The van der Waals surface area contributed by atoms with Gasteiger partial charge in [-0.25, -0.2) is 0 Å². The van der Waals surface area contributed by atoms with E-state index in [0.717, 1.165) is 12.8 Å². The first-order chi connectivity index (χ1) is 11.0. The molecule has 1 aliphatic carbocycles. The Morgan fingerprint density at radius 3 is 1.91 bits per heavy atom. The van der Waals surface area contributed by atoms with E-state index in [0.29, 0.717) is 0 Å². The van der Waals surface area contributed by atoms with Crippen LogP contribution in [-0.4, -0.2) is 8.32 Å². The van der Waals surface area contributed by atoms with Gasteiger partial charge in [0.1, 0.15) is 0 Å². The highest BCUT2D eigenvalue weighted by Crippen LogP contribution is 2.35. The SMILES string of the molecule is C[Si](C)(C)OC1=C(c2ccc(-c3ccccc3)cc2)CCCC1. The van der Waals surface area contributed by atoms with Gasteiger partial charge in [0.15, 0.2) is 0 Å². The van der Waals surface area contributed by atoms with Gasteiger partial charge in [-0.05, 0) is 61.2 Å². The molecule has 3 rings (SSSR count). The third kappa shape index (κ3) is 4.14. The smallest absolute Gasteiger partial charge is 0.241 e. The van der Waals surface area contributed by atoms with Gasteiger partial charge in [0.05, 0.1) is 5.76 Å². The van der Waals surface area contributed by atoms with E-state index in [1.807, 2.05) is 0 Å². The van der Waals surface area contributed by atoms with Gasteiger partial charge in [0, 0.05) is 6.42 Å². The molecule has 0 saturated carbocycles. The molecule has 2 aromatic rings. The van der Waals surface area contributed by atoms with Gasteiger partial charge in [0.2, 0.25) is 8.32 Å². The first-order valence-corrected chi connectivity index (χ1v) is 12.0. The van der Waals surface area contributed by atoms with Crippen molar-refractivity contribution in [3.05, 3.63) is 65.9 Å². The lowest BCUT2D eigenvalue weighted by Crippen LogP contribution is -2.26. The highest BCUT2D eigenvalue weighted by Gasteiger charge is 2.22. The summed E-state index contributed by atoms with van der Waals surface area (Å²) in [5, 5.41) is 0. The van der Waals surface area contributed by atoms with E-state index in [1.54, 1.807) is 0 Å². The van der Waals surface area contributed by atoms with Crippen molar-refractivity contribution in [2.75, 3.05) is 0 Å². The molecule has 0 heterocycles. The lowest BCUT2D eigenvalue weighted by molar-refractivity contribution is 0.385. The maximum atomic E-state index is 6.38. The standard InChI is InChI=1S/C21H26OSi/c1-23(2,3)22-21-12-8-7-11-20(21)19-15-13-18(14-16-19)17-9-5-4-6-10-17/h4-6,9-10,13-16H,7-8,11-12H2,1-3H3. The molecule has 2 heteroatoms. The zero-order valence-corrected chi connectivity index (χ0v) is 15.4. The zero-order chi connectivity index (χ0) is 16.3. The number of rotatable bonds is 4. The molecule has 0 amide bonds. The zero-order valence-electron chi connectivity index (χ0n) is 14.4. The van der Waals surface area contributed by atoms with Gasteiger partial charge in [-0.15, -0.1) is 0 Å². The van der Waals surface area contributed by atoms with Crippen LogP contribution in [0.3, 0.4) is 0 Å². The van der Waals surface area contributed by atoms with Gasteiger partial charge < -0.3 is 4.43 Å². The summed E-state index contributed by atoms with van der Waals surface area (Å²) >= 11 is 0. The second-order valence-corrected chi connectivity index (χ2v) is 11.7. The summed E-state index contributed by atoms with van der Waals surface area (Å²) in [4.78, 5) is 0. The van der Waals surface area contributed by atoms with Gasteiger partial charge in [-0.2, -0.15) is 0 Å². The molecule has 0 fully saturated rings. The monoisotopic (exact) mass is 322 g/mol. The minimum Gasteiger partial charge on any atom is -0.547 e. The third-order valence-electron chi connectivity index (χ3n) is 4.19. The molecular weight excluding hydrogens is 296 g/mol. The second kappa shape index (κ2) is 6.75. The summed E-state index contributed by atoms with van der Waals surface area (Å²) in [5.41, 5.74) is 5.31. The Morgan fingerprint density at radius 2 is 1.26 bits per heavy atom. The molecule has 0 N–H and O–H groups in total. The lowest BCUT2D eigenvalue weighted by Gasteiger charge is -2.28. The number of hydrogen-bond acceptors (Lipinski definition) is 1. The van der Waals surface area contributed by atoms with E-state index < -0.39 is 8.32 Å². The average Bonchev–Trinajstić information content (AvgIpc) is 2.55. The minimum atomic E-state index is -1.54. The highest BCUT2D eigenvalue weighted by atomic mass is 28.4. The Labute approximate surface area is 141 Å².